The number of thiophene rings is 1. The van der Waals surface area contributed by atoms with Gasteiger partial charge in [-0.3, -0.25) is 0 Å². The van der Waals surface area contributed by atoms with Gasteiger partial charge in [-0.15, -0.1) is 11.3 Å². The Balaban J connectivity index is 2.39. The lowest BCUT2D eigenvalue weighted by atomic mass is 10.3. The molecule has 0 saturated heterocycles. The smallest absolute Gasteiger partial charge is 0.405 e. The molecule has 0 fully saturated rings. The van der Waals surface area contributed by atoms with Crippen LogP contribution in [0.2, 0.25) is 0 Å². The standard InChI is InChI=1S/C11H11F3N2O3S/c12-11(13,14)6-16-10(19)15-4-8-3-7(5-20-8)1-2-9(17)18/h1-3,5H,4,6H2,(H,17,18)(H2,15,16,19)/b2-1+. The first kappa shape index (κ1) is 16.0. The first-order valence-corrected chi connectivity index (χ1v) is 6.21. The maximum Gasteiger partial charge on any atom is 0.405 e. The summed E-state index contributed by atoms with van der Waals surface area (Å²) >= 11 is 1.26. The largest absolute Gasteiger partial charge is 0.478 e. The molecule has 1 aromatic heterocycles. The van der Waals surface area contributed by atoms with E-state index in [2.05, 4.69) is 5.32 Å². The third-order valence-electron chi connectivity index (χ3n) is 1.96. The molecule has 0 spiro atoms. The Kier molecular flexibility index (Phi) is 5.56. The molecule has 0 aromatic carbocycles. The first-order valence-electron chi connectivity index (χ1n) is 5.33. The molecule has 0 aliphatic rings. The van der Waals surface area contributed by atoms with Crippen LogP contribution in [0, 0.1) is 0 Å². The van der Waals surface area contributed by atoms with Crippen molar-refractivity contribution < 1.29 is 27.9 Å². The maximum absolute atomic E-state index is 11.8. The van der Waals surface area contributed by atoms with Crippen LogP contribution >= 0.6 is 11.3 Å². The van der Waals surface area contributed by atoms with E-state index in [0.29, 0.717) is 10.4 Å². The lowest BCUT2D eigenvalue weighted by Crippen LogP contribution is -2.40. The van der Waals surface area contributed by atoms with Crippen LogP contribution < -0.4 is 10.6 Å². The van der Waals surface area contributed by atoms with Crippen molar-refractivity contribution in [3.05, 3.63) is 28.0 Å². The van der Waals surface area contributed by atoms with Crippen molar-refractivity contribution in [3.63, 3.8) is 0 Å². The van der Waals surface area contributed by atoms with Gasteiger partial charge in [0.05, 0.1) is 6.54 Å². The van der Waals surface area contributed by atoms with Crippen molar-refractivity contribution in [3.8, 4) is 0 Å². The molecule has 3 N–H and O–H groups in total. The Morgan fingerprint density at radius 2 is 2.05 bits per heavy atom. The summed E-state index contributed by atoms with van der Waals surface area (Å²) in [6, 6.07) is 0.715. The summed E-state index contributed by atoms with van der Waals surface area (Å²) in [5, 5.41) is 14.1. The van der Waals surface area contributed by atoms with Crippen LogP contribution in [-0.2, 0) is 11.3 Å². The highest BCUT2D eigenvalue weighted by molar-refractivity contribution is 7.10. The zero-order chi connectivity index (χ0) is 15.2. The lowest BCUT2D eigenvalue weighted by molar-refractivity contribution is -0.131. The van der Waals surface area contributed by atoms with E-state index in [0.717, 1.165) is 6.08 Å². The lowest BCUT2D eigenvalue weighted by Gasteiger charge is -2.08. The summed E-state index contributed by atoms with van der Waals surface area (Å²) in [5.74, 6) is -1.08. The Morgan fingerprint density at radius 3 is 2.65 bits per heavy atom. The number of alkyl halides is 3. The van der Waals surface area contributed by atoms with E-state index in [1.807, 2.05) is 0 Å². The molecule has 5 nitrogen and oxygen atoms in total. The third kappa shape index (κ3) is 6.78. The number of carbonyl (C=O) groups excluding carboxylic acids is 1. The highest BCUT2D eigenvalue weighted by atomic mass is 32.1. The summed E-state index contributed by atoms with van der Waals surface area (Å²) in [4.78, 5) is 22.1. The predicted octanol–water partition coefficient (Wildman–Crippen LogP) is 2.21. The first-order chi connectivity index (χ1) is 9.26. The highest BCUT2D eigenvalue weighted by Crippen LogP contribution is 2.16. The van der Waals surface area contributed by atoms with E-state index < -0.39 is 24.7 Å². The van der Waals surface area contributed by atoms with Gasteiger partial charge in [0.15, 0.2) is 0 Å². The molecule has 0 radical (unpaired) electrons. The fourth-order valence-corrected chi connectivity index (χ4v) is 1.95. The van der Waals surface area contributed by atoms with Crippen molar-refractivity contribution in [2.45, 2.75) is 12.7 Å². The number of aliphatic carboxylic acids is 1. The van der Waals surface area contributed by atoms with Gasteiger partial charge < -0.3 is 15.7 Å². The summed E-state index contributed by atoms with van der Waals surface area (Å²) in [7, 11) is 0. The zero-order valence-electron chi connectivity index (χ0n) is 10.0. The SMILES string of the molecule is O=C(O)/C=C/c1csc(CNC(=O)NCC(F)(F)F)c1. The molecule has 0 saturated carbocycles. The number of nitrogens with one attached hydrogen (secondary N) is 2. The second kappa shape index (κ2) is 6.94. The van der Waals surface area contributed by atoms with Gasteiger partial charge in [-0.25, -0.2) is 9.59 Å². The van der Waals surface area contributed by atoms with Crippen LogP contribution in [0.1, 0.15) is 10.4 Å². The molecular formula is C11H11F3N2O3S. The number of halogens is 3. The minimum atomic E-state index is -4.45. The fourth-order valence-electron chi connectivity index (χ4n) is 1.16. The molecule has 0 aliphatic heterocycles. The Morgan fingerprint density at radius 1 is 1.35 bits per heavy atom. The zero-order valence-corrected chi connectivity index (χ0v) is 10.8. The minimum Gasteiger partial charge on any atom is -0.478 e. The number of hydrogen-bond donors (Lipinski definition) is 3. The van der Waals surface area contributed by atoms with Crippen LogP contribution in [0.4, 0.5) is 18.0 Å². The van der Waals surface area contributed by atoms with Gasteiger partial charge in [-0.05, 0) is 23.1 Å². The maximum atomic E-state index is 11.8. The van der Waals surface area contributed by atoms with Gasteiger partial charge in [0.25, 0.3) is 0 Å². The molecule has 9 heteroatoms. The van der Waals surface area contributed by atoms with Crippen molar-refractivity contribution in [1.29, 1.82) is 0 Å². The van der Waals surface area contributed by atoms with Crippen molar-refractivity contribution in [2.75, 3.05) is 6.54 Å². The Bertz CT molecular complexity index is 511. The number of hydrogen-bond acceptors (Lipinski definition) is 3. The Hall–Kier alpha value is -2.03. The number of rotatable bonds is 5. The summed E-state index contributed by atoms with van der Waals surface area (Å²) in [6.07, 6.45) is -2.10. The molecule has 0 aliphatic carbocycles. The minimum absolute atomic E-state index is 0.0648. The summed E-state index contributed by atoms with van der Waals surface area (Å²) in [6.45, 7) is -1.33. The van der Waals surface area contributed by atoms with E-state index in [1.54, 1.807) is 16.8 Å². The van der Waals surface area contributed by atoms with Gasteiger partial charge in [-0.1, -0.05) is 0 Å². The monoisotopic (exact) mass is 308 g/mol. The molecule has 1 rings (SSSR count). The molecule has 110 valence electrons. The summed E-state index contributed by atoms with van der Waals surface area (Å²) in [5.41, 5.74) is 0.643. The number of carboxylic acids is 1. The second-order valence-corrected chi connectivity index (χ2v) is 4.67. The number of amides is 2. The summed E-state index contributed by atoms with van der Waals surface area (Å²) < 4.78 is 35.5. The van der Waals surface area contributed by atoms with E-state index in [9.17, 15) is 22.8 Å². The van der Waals surface area contributed by atoms with Crippen LogP contribution in [0.3, 0.4) is 0 Å². The van der Waals surface area contributed by atoms with Gasteiger partial charge in [-0.2, -0.15) is 13.2 Å². The normalized spacial score (nSPS) is 11.6. The van der Waals surface area contributed by atoms with Crippen molar-refractivity contribution in [1.82, 2.24) is 10.6 Å². The molecule has 0 unspecified atom stereocenters. The number of carboxylic acid groups (broad SMARTS) is 1. The van der Waals surface area contributed by atoms with Gasteiger partial charge in [0, 0.05) is 11.0 Å². The van der Waals surface area contributed by atoms with Crippen LogP contribution in [0.15, 0.2) is 17.5 Å². The quantitative estimate of drug-likeness (QED) is 0.730. The highest BCUT2D eigenvalue weighted by Gasteiger charge is 2.27. The second-order valence-electron chi connectivity index (χ2n) is 3.67. The fraction of sp³-hybridized carbons (Fsp3) is 0.273. The van der Waals surface area contributed by atoms with E-state index >= 15 is 0 Å². The van der Waals surface area contributed by atoms with Gasteiger partial charge in [0.2, 0.25) is 0 Å². The topological polar surface area (TPSA) is 78.4 Å². The number of carbonyl (C=O) groups is 2. The Labute approximate surface area is 116 Å². The van der Waals surface area contributed by atoms with Crippen molar-refractivity contribution >= 4 is 29.4 Å². The molecule has 20 heavy (non-hydrogen) atoms. The van der Waals surface area contributed by atoms with Crippen LogP contribution in [0.25, 0.3) is 6.08 Å². The van der Waals surface area contributed by atoms with Gasteiger partial charge in [0.1, 0.15) is 6.54 Å². The van der Waals surface area contributed by atoms with Crippen molar-refractivity contribution in [2.24, 2.45) is 0 Å². The molecule has 1 aromatic rings. The van der Waals surface area contributed by atoms with E-state index in [4.69, 9.17) is 5.11 Å². The third-order valence-corrected chi connectivity index (χ3v) is 2.92. The molecule has 2 amide bonds. The molecule has 0 bridgehead atoms. The molecular weight excluding hydrogens is 297 g/mol. The van der Waals surface area contributed by atoms with Crippen LogP contribution in [0.5, 0.6) is 0 Å². The average molecular weight is 308 g/mol. The average Bonchev–Trinajstić information content (AvgIpc) is 2.78. The number of urea groups is 1. The molecule has 1 heterocycles. The molecule has 0 atom stereocenters. The van der Waals surface area contributed by atoms with Gasteiger partial charge >= 0.3 is 18.2 Å². The van der Waals surface area contributed by atoms with E-state index in [1.165, 1.54) is 17.4 Å². The van der Waals surface area contributed by atoms with Crippen LogP contribution in [-0.4, -0.2) is 29.8 Å². The van der Waals surface area contributed by atoms with E-state index in [-0.39, 0.29) is 6.54 Å². The predicted molar refractivity (Wildman–Crippen MR) is 67.3 cm³/mol.